The van der Waals surface area contributed by atoms with Crippen molar-refractivity contribution in [3.8, 4) is 0 Å². The van der Waals surface area contributed by atoms with Crippen molar-refractivity contribution in [2.24, 2.45) is 5.73 Å². The standard InChI is InChI=1S/C8H17N2O8P.CH4O/c1-5(9)7(11)10-6(8(12)17-15-2)4-19(13,14)18-16-3;1-2/h5-6H,4,9H2,1-3H3,(H,10,11)(H,13,14);2H,1H3. The van der Waals surface area contributed by atoms with Crippen LogP contribution in [-0.4, -0.2) is 61.5 Å². The number of hydrogen-bond donors (Lipinski definition) is 4. The molecule has 0 aromatic carbocycles. The van der Waals surface area contributed by atoms with Gasteiger partial charge >= 0.3 is 13.6 Å². The Balaban J connectivity index is 0. The molecule has 3 unspecified atom stereocenters. The summed E-state index contributed by atoms with van der Waals surface area (Å²) in [5.74, 6) is -1.79. The van der Waals surface area contributed by atoms with Gasteiger partial charge in [0.15, 0.2) is 0 Å². The predicted molar refractivity (Wildman–Crippen MR) is 69.6 cm³/mol. The predicted octanol–water partition coefficient (Wildman–Crippen LogP) is -1.71. The molecule has 0 rings (SSSR count). The molecule has 126 valence electrons. The van der Waals surface area contributed by atoms with Gasteiger partial charge < -0.3 is 21.1 Å². The van der Waals surface area contributed by atoms with Gasteiger partial charge in [-0.25, -0.2) is 9.68 Å². The lowest BCUT2D eigenvalue weighted by molar-refractivity contribution is -0.256. The fourth-order valence-electron chi connectivity index (χ4n) is 1.00. The summed E-state index contributed by atoms with van der Waals surface area (Å²) in [6.45, 7) is 1.37. The fourth-order valence-corrected chi connectivity index (χ4v) is 2.00. The van der Waals surface area contributed by atoms with Crippen molar-refractivity contribution in [2.75, 3.05) is 27.5 Å². The molecule has 0 radical (unpaired) electrons. The molecule has 0 saturated carbocycles. The smallest absolute Gasteiger partial charge is 0.365 e. The minimum Gasteiger partial charge on any atom is -0.400 e. The van der Waals surface area contributed by atoms with Crippen LogP contribution in [0.25, 0.3) is 0 Å². The third kappa shape index (κ3) is 10.3. The monoisotopic (exact) mass is 332 g/mol. The summed E-state index contributed by atoms with van der Waals surface area (Å²) in [6.07, 6.45) is -0.762. The first-order valence-corrected chi connectivity index (χ1v) is 7.29. The van der Waals surface area contributed by atoms with E-state index in [9.17, 15) is 19.0 Å². The topological polar surface area (TPSA) is 167 Å². The molecular formula is C9H21N2O9P. The van der Waals surface area contributed by atoms with Gasteiger partial charge in [0.2, 0.25) is 5.91 Å². The van der Waals surface area contributed by atoms with Crippen LogP contribution in [0.2, 0.25) is 0 Å². The average molecular weight is 332 g/mol. The number of carbonyl (C=O) groups is 2. The third-order valence-corrected chi connectivity index (χ3v) is 2.99. The van der Waals surface area contributed by atoms with Crippen molar-refractivity contribution < 1.29 is 43.5 Å². The Kier molecular flexibility index (Phi) is 12.2. The number of aliphatic hydroxyl groups is 1. The molecule has 0 fully saturated rings. The SMILES string of the molecule is CO.COOC(=O)C(CP(=O)(O)OOC)NC(=O)C(C)N. The number of aliphatic hydroxyl groups excluding tert-OH is 1. The molecule has 3 atom stereocenters. The van der Waals surface area contributed by atoms with E-state index in [1.807, 2.05) is 0 Å². The minimum atomic E-state index is -4.25. The highest BCUT2D eigenvalue weighted by Gasteiger charge is 2.34. The van der Waals surface area contributed by atoms with Crippen LogP contribution in [0.5, 0.6) is 0 Å². The second kappa shape index (κ2) is 11.6. The zero-order valence-electron chi connectivity index (χ0n) is 12.1. The molecule has 5 N–H and O–H groups in total. The second-order valence-corrected chi connectivity index (χ2v) is 5.27. The van der Waals surface area contributed by atoms with Gasteiger partial charge in [0.1, 0.15) is 6.04 Å². The van der Waals surface area contributed by atoms with Crippen LogP contribution in [0.3, 0.4) is 0 Å². The van der Waals surface area contributed by atoms with Gasteiger partial charge in [-0.3, -0.25) is 14.2 Å². The summed E-state index contributed by atoms with van der Waals surface area (Å²) in [6, 6.07) is -2.39. The molecule has 12 heteroatoms. The molecule has 0 saturated heterocycles. The molecule has 0 aliphatic rings. The lowest BCUT2D eigenvalue weighted by Crippen LogP contribution is -2.49. The van der Waals surface area contributed by atoms with E-state index in [-0.39, 0.29) is 0 Å². The van der Waals surface area contributed by atoms with E-state index in [0.29, 0.717) is 0 Å². The molecule has 0 aromatic rings. The zero-order chi connectivity index (χ0) is 17.1. The largest absolute Gasteiger partial charge is 0.400 e. The number of amides is 1. The maximum atomic E-state index is 11.5. The van der Waals surface area contributed by atoms with Crippen molar-refractivity contribution in [1.82, 2.24) is 5.32 Å². The minimum absolute atomic E-state index is 0.713. The highest BCUT2D eigenvalue weighted by molar-refractivity contribution is 7.52. The maximum absolute atomic E-state index is 11.5. The molecule has 0 aromatic heterocycles. The molecule has 0 bridgehead atoms. The van der Waals surface area contributed by atoms with Crippen LogP contribution in [0, 0.1) is 0 Å². The van der Waals surface area contributed by atoms with Crippen LogP contribution in [0.1, 0.15) is 6.92 Å². The van der Waals surface area contributed by atoms with Crippen molar-refractivity contribution in [3.05, 3.63) is 0 Å². The van der Waals surface area contributed by atoms with Gasteiger partial charge in [-0.2, -0.15) is 4.89 Å². The van der Waals surface area contributed by atoms with Gasteiger partial charge in [-0.15, -0.1) is 4.67 Å². The third-order valence-electron chi connectivity index (χ3n) is 1.78. The zero-order valence-corrected chi connectivity index (χ0v) is 13.0. The van der Waals surface area contributed by atoms with E-state index in [1.165, 1.54) is 6.92 Å². The van der Waals surface area contributed by atoms with Gasteiger partial charge in [-0.1, -0.05) is 0 Å². The first-order chi connectivity index (χ1) is 9.73. The number of hydrogen-bond acceptors (Lipinski definition) is 9. The van der Waals surface area contributed by atoms with Gasteiger partial charge in [0, 0.05) is 7.11 Å². The molecule has 0 aliphatic carbocycles. The first-order valence-electron chi connectivity index (χ1n) is 5.53. The molecule has 0 spiro atoms. The van der Waals surface area contributed by atoms with Crippen LogP contribution >= 0.6 is 7.60 Å². The lowest BCUT2D eigenvalue weighted by Gasteiger charge is -2.19. The van der Waals surface area contributed by atoms with Gasteiger partial charge in [-0.05, 0) is 6.92 Å². The molecule has 1 amide bonds. The summed E-state index contributed by atoms with van der Waals surface area (Å²) >= 11 is 0. The summed E-state index contributed by atoms with van der Waals surface area (Å²) in [7, 11) is -1.17. The van der Waals surface area contributed by atoms with Crippen LogP contribution in [0.4, 0.5) is 0 Å². The number of rotatable bonds is 8. The van der Waals surface area contributed by atoms with Crippen molar-refractivity contribution in [3.63, 3.8) is 0 Å². The Morgan fingerprint density at radius 2 is 1.81 bits per heavy atom. The molecule has 0 aliphatic heterocycles. The highest BCUT2D eigenvalue weighted by atomic mass is 31.2. The average Bonchev–Trinajstić information content (AvgIpc) is 2.39. The van der Waals surface area contributed by atoms with E-state index < -0.39 is 37.7 Å². The number of carbonyl (C=O) groups excluding carboxylic acids is 2. The molecule has 11 nitrogen and oxygen atoms in total. The summed E-state index contributed by atoms with van der Waals surface area (Å²) in [4.78, 5) is 44.5. The van der Waals surface area contributed by atoms with Gasteiger partial charge in [0.25, 0.3) is 0 Å². The molecular weight excluding hydrogens is 311 g/mol. The Morgan fingerprint density at radius 1 is 1.29 bits per heavy atom. The van der Waals surface area contributed by atoms with Crippen LogP contribution in [0.15, 0.2) is 0 Å². The van der Waals surface area contributed by atoms with Crippen molar-refractivity contribution in [1.29, 1.82) is 0 Å². The lowest BCUT2D eigenvalue weighted by atomic mass is 10.3. The number of nitrogens with two attached hydrogens (primary N) is 1. The van der Waals surface area contributed by atoms with E-state index in [4.69, 9.17) is 10.8 Å². The summed E-state index contributed by atoms with van der Waals surface area (Å²) in [5, 5.41) is 9.13. The van der Waals surface area contributed by atoms with E-state index in [1.54, 1.807) is 0 Å². The van der Waals surface area contributed by atoms with E-state index in [2.05, 4.69) is 24.7 Å². The fraction of sp³-hybridized carbons (Fsp3) is 0.778. The first kappa shape index (κ1) is 22.2. The summed E-state index contributed by atoms with van der Waals surface area (Å²) < 4.78 is 15.6. The summed E-state index contributed by atoms with van der Waals surface area (Å²) in [5.41, 5.74) is 5.30. The van der Waals surface area contributed by atoms with Gasteiger partial charge in [0.05, 0.1) is 26.4 Å². The van der Waals surface area contributed by atoms with Crippen molar-refractivity contribution in [2.45, 2.75) is 19.0 Å². The maximum Gasteiger partial charge on any atom is 0.365 e. The normalized spacial score (nSPS) is 15.8. The Hall–Kier alpha value is -1.07. The Morgan fingerprint density at radius 3 is 2.19 bits per heavy atom. The Bertz CT molecular complexity index is 363. The van der Waals surface area contributed by atoms with Crippen molar-refractivity contribution >= 4 is 19.5 Å². The van der Waals surface area contributed by atoms with E-state index >= 15 is 0 Å². The number of nitrogens with one attached hydrogen (secondary N) is 1. The quantitative estimate of drug-likeness (QED) is 0.228. The molecule has 0 heterocycles. The molecule has 21 heavy (non-hydrogen) atoms. The highest BCUT2D eigenvalue weighted by Crippen LogP contribution is 2.42. The second-order valence-electron chi connectivity index (χ2n) is 3.48. The van der Waals surface area contributed by atoms with Crippen LogP contribution < -0.4 is 11.1 Å². The van der Waals surface area contributed by atoms with Crippen LogP contribution in [-0.2, 0) is 33.5 Å². The Labute approximate surface area is 121 Å². The van der Waals surface area contributed by atoms with E-state index in [0.717, 1.165) is 21.3 Å².